The summed E-state index contributed by atoms with van der Waals surface area (Å²) in [4.78, 5) is 2.01. The van der Waals surface area contributed by atoms with Crippen molar-refractivity contribution in [3.8, 4) is 0 Å². The fourth-order valence-electron chi connectivity index (χ4n) is 2.09. The minimum absolute atomic E-state index is 0.102. The predicted molar refractivity (Wildman–Crippen MR) is 76.5 cm³/mol. The van der Waals surface area contributed by atoms with Crippen molar-refractivity contribution in [3.63, 3.8) is 0 Å². The Kier molecular flexibility index (Phi) is 6.13. The summed E-state index contributed by atoms with van der Waals surface area (Å²) in [6.45, 7) is 5.08. The summed E-state index contributed by atoms with van der Waals surface area (Å²) in [7, 11) is 1.95. The molecular weight excluding hydrogens is 227 g/mol. The zero-order chi connectivity index (χ0) is 13.5. The van der Waals surface area contributed by atoms with Crippen molar-refractivity contribution in [1.82, 2.24) is 0 Å². The third-order valence-electron chi connectivity index (χ3n) is 3.31. The van der Waals surface area contributed by atoms with Gasteiger partial charge in [-0.3, -0.25) is 0 Å². The summed E-state index contributed by atoms with van der Waals surface area (Å²) in [5, 5.41) is 0. The van der Waals surface area contributed by atoms with E-state index in [1.54, 1.807) is 6.07 Å². The van der Waals surface area contributed by atoms with Crippen LogP contribution >= 0.6 is 0 Å². The van der Waals surface area contributed by atoms with Crippen LogP contribution in [-0.2, 0) is 6.42 Å². The van der Waals surface area contributed by atoms with Crippen LogP contribution in [0.3, 0.4) is 0 Å². The summed E-state index contributed by atoms with van der Waals surface area (Å²) in [5.41, 5.74) is 7.72. The van der Waals surface area contributed by atoms with E-state index in [-0.39, 0.29) is 11.9 Å². The predicted octanol–water partition coefficient (Wildman–Crippen LogP) is 3.34. The third kappa shape index (κ3) is 3.98. The Labute approximate surface area is 110 Å². The molecule has 3 heteroatoms. The van der Waals surface area contributed by atoms with Gasteiger partial charge in [-0.05, 0) is 30.9 Å². The number of rotatable bonds is 7. The van der Waals surface area contributed by atoms with Crippen LogP contribution in [0.2, 0.25) is 0 Å². The van der Waals surface area contributed by atoms with Gasteiger partial charge >= 0.3 is 0 Å². The molecule has 0 aliphatic carbocycles. The minimum Gasteiger partial charge on any atom is -0.372 e. The summed E-state index contributed by atoms with van der Waals surface area (Å²) >= 11 is 0. The molecule has 0 saturated heterocycles. The summed E-state index contributed by atoms with van der Waals surface area (Å²) in [5.74, 6) is -0.144. The molecule has 0 heterocycles. The molecule has 2 N–H and O–H groups in total. The van der Waals surface area contributed by atoms with Gasteiger partial charge in [0.15, 0.2) is 0 Å². The lowest BCUT2D eigenvalue weighted by atomic mass is 10.0. The van der Waals surface area contributed by atoms with Crippen molar-refractivity contribution in [2.75, 3.05) is 18.5 Å². The van der Waals surface area contributed by atoms with Crippen molar-refractivity contribution < 1.29 is 4.39 Å². The SMILES string of the molecule is CCCCN(C)c1c(F)cccc1CC(N)CC. The van der Waals surface area contributed by atoms with E-state index in [4.69, 9.17) is 5.73 Å². The second-order valence-corrected chi connectivity index (χ2v) is 4.90. The number of anilines is 1. The molecule has 1 unspecified atom stereocenters. The molecule has 2 nitrogen and oxygen atoms in total. The van der Waals surface area contributed by atoms with Gasteiger partial charge in [0, 0.05) is 19.6 Å². The van der Waals surface area contributed by atoms with Gasteiger partial charge in [-0.15, -0.1) is 0 Å². The first-order valence-corrected chi connectivity index (χ1v) is 6.84. The number of halogens is 1. The van der Waals surface area contributed by atoms with Gasteiger partial charge in [0.2, 0.25) is 0 Å². The molecule has 18 heavy (non-hydrogen) atoms. The maximum Gasteiger partial charge on any atom is 0.146 e. The Morgan fingerprint density at radius 2 is 2.06 bits per heavy atom. The van der Waals surface area contributed by atoms with Gasteiger partial charge in [-0.1, -0.05) is 32.4 Å². The van der Waals surface area contributed by atoms with Crippen LogP contribution in [-0.4, -0.2) is 19.6 Å². The van der Waals surface area contributed by atoms with E-state index in [1.807, 2.05) is 18.0 Å². The highest BCUT2D eigenvalue weighted by atomic mass is 19.1. The lowest BCUT2D eigenvalue weighted by Gasteiger charge is -2.24. The summed E-state index contributed by atoms with van der Waals surface area (Å²) in [6.07, 6.45) is 3.83. The smallest absolute Gasteiger partial charge is 0.146 e. The number of unbranched alkanes of at least 4 members (excludes halogenated alkanes) is 1. The molecule has 1 aromatic carbocycles. The van der Waals surface area contributed by atoms with Crippen LogP contribution in [0.4, 0.5) is 10.1 Å². The number of para-hydroxylation sites is 1. The molecule has 102 valence electrons. The van der Waals surface area contributed by atoms with Crippen LogP contribution in [0, 0.1) is 5.82 Å². The molecule has 0 spiro atoms. The summed E-state index contributed by atoms with van der Waals surface area (Å²) < 4.78 is 14.0. The summed E-state index contributed by atoms with van der Waals surface area (Å²) in [6, 6.07) is 5.38. The molecule has 1 atom stereocenters. The van der Waals surface area contributed by atoms with E-state index in [0.717, 1.165) is 43.5 Å². The quantitative estimate of drug-likeness (QED) is 0.806. The Balaban J connectivity index is 2.92. The van der Waals surface area contributed by atoms with Gasteiger partial charge < -0.3 is 10.6 Å². The van der Waals surface area contributed by atoms with E-state index < -0.39 is 0 Å². The second-order valence-electron chi connectivity index (χ2n) is 4.90. The molecular formula is C15H25FN2. The highest BCUT2D eigenvalue weighted by Gasteiger charge is 2.14. The topological polar surface area (TPSA) is 29.3 Å². The van der Waals surface area contributed by atoms with Crippen molar-refractivity contribution in [2.24, 2.45) is 5.73 Å². The lowest BCUT2D eigenvalue weighted by molar-refractivity contribution is 0.606. The van der Waals surface area contributed by atoms with Gasteiger partial charge in [0.25, 0.3) is 0 Å². The van der Waals surface area contributed by atoms with Crippen molar-refractivity contribution in [3.05, 3.63) is 29.6 Å². The van der Waals surface area contributed by atoms with Crippen molar-refractivity contribution >= 4 is 5.69 Å². The molecule has 1 rings (SSSR count). The first kappa shape index (κ1) is 15.0. The maximum atomic E-state index is 14.0. The molecule has 0 fully saturated rings. The zero-order valence-corrected chi connectivity index (χ0v) is 11.7. The average Bonchev–Trinajstić information content (AvgIpc) is 2.36. The number of benzene rings is 1. The van der Waals surface area contributed by atoms with Crippen molar-refractivity contribution in [1.29, 1.82) is 0 Å². The average molecular weight is 252 g/mol. The molecule has 0 aliphatic heterocycles. The molecule has 0 aromatic heterocycles. The zero-order valence-electron chi connectivity index (χ0n) is 11.7. The number of hydrogen-bond donors (Lipinski definition) is 1. The van der Waals surface area contributed by atoms with E-state index in [2.05, 4.69) is 13.8 Å². The standard InChI is InChI=1S/C15H25FN2/c1-4-6-10-18(3)15-12(11-13(17)5-2)8-7-9-14(15)16/h7-9,13H,4-6,10-11,17H2,1-3H3. The minimum atomic E-state index is -0.144. The molecule has 0 amide bonds. The number of nitrogens with two attached hydrogens (primary N) is 1. The van der Waals surface area contributed by atoms with Crippen LogP contribution < -0.4 is 10.6 Å². The van der Waals surface area contributed by atoms with E-state index >= 15 is 0 Å². The van der Waals surface area contributed by atoms with Crippen molar-refractivity contribution in [2.45, 2.75) is 45.6 Å². The Morgan fingerprint density at radius 1 is 1.33 bits per heavy atom. The maximum absolute atomic E-state index is 14.0. The molecule has 0 saturated carbocycles. The second kappa shape index (κ2) is 7.37. The molecule has 0 bridgehead atoms. The Morgan fingerprint density at radius 3 is 2.67 bits per heavy atom. The van der Waals surface area contributed by atoms with E-state index in [1.165, 1.54) is 6.07 Å². The van der Waals surface area contributed by atoms with Gasteiger partial charge in [-0.2, -0.15) is 0 Å². The first-order valence-electron chi connectivity index (χ1n) is 6.84. The Hall–Kier alpha value is -1.09. The normalized spacial score (nSPS) is 12.5. The largest absolute Gasteiger partial charge is 0.372 e. The highest BCUT2D eigenvalue weighted by Crippen LogP contribution is 2.25. The monoisotopic (exact) mass is 252 g/mol. The van der Waals surface area contributed by atoms with Gasteiger partial charge in [0.05, 0.1) is 5.69 Å². The number of hydrogen-bond acceptors (Lipinski definition) is 2. The first-order chi connectivity index (χ1) is 8.60. The number of nitrogens with zero attached hydrogens (tertiary/aromatic N) is 1. The molecule has 1 aromatic rings. The van der Waals surface area contributed by atoms with Crippen LogP contribution in [0.1, 0.15) is 38.7 Å². The van der Waals surface area contributed by atoms with Crippen LogP contribution in [0.5, 0.6) is 0 Å². The van der Waals surface area contributed by atoms with Gasteiger partial charge in [0.1, 0.15) is 5.82 Å². The molecule has 0 aliphatic rings. The molecule has 0 radical (unpaired) electrons. The fraction of sp³-hybridized carbons (Fsp3) is 0.600. The highest BCUT2D eigenvalue weighted by molar-refractivity contribution is 5.54. The Bertz CT molecular complexity index is 366. The third-order valence-corrected chi connectivity index (χ3v) is 3.31. The van der Waals surface area contributed by atoms with Gasteiger partial charge in [-0.25, -0.2) is 4.39 Å². The lowest BCUT2D eigenvalue weighted by Crippen LogP contribution is -2.25. The van der Waals surface area contributed by atoms with E-state index in [0.29, 0.717) is 0 Å². The fourth-order valence-corrected chi connectivity index (χ4v) is 2.09. The van der Waals surface area contributed by atoms with Crippen LogP contribution in [0.15, 0.2) is 18.2 Å². The van der Waals surface area contributed by atoms with Crippen LogP contribution in [0.25, 0.3) is 0 Å². The van der Waals surface area contributed by atoms with E-state index in [9.17, 15) is 4.39 Å².